The smallest absolute Gasteiger partial charge is 0.244 e. The molecule has 0 atom stereocenters. The van der Waals surface area contributed by atoms with Gasteiger partial charge in [-0.1, -0.05) is 42.0 Å². The summed E-state index contributed by atoms with van der Waals surface area (Å²) in [6.45, 7) is 2.03. The number of aryl methyl sites for hydroxylation is 1. The third-order valence-electron chi connectivity index (χ3n) is 3.00. The molecule has 0 spiro atoms. The van der Waals surface area contributed by atoms with Crippen molar-refractivity contribution in [1.82, 2.24) is 5.43 Å². The van der Waals surface area contributed by atoms with Crippen molar-refractivity contribution in [3.8, 4) is 5.75 Å². The van der Waals surface area contributed by atoms with Gasteiger partial charge in [0.05, 0.1) is 19.7 Å². The van der Waals surface area contributed by atoms with Gasteiger partial charge in [0.1, 0.15) is 5.75 Å². The van der Waals surface area contributed by atoms with Crippen LogP contribution in [-0.4, -0.2) is 19.2 Å². The summed E-state index contributed by atoms with van der Waals surface area (Å²) in [6.07, 6.45) is 1.92. The molecule has 1 N–H and O–H groups in total. The number of nitrogens with one attached hydrogen (secondary N) is 1. The number of benzene rings is 2. The van der Waals surface area contributed by atoms with Crippen LogP contribution in [0.15, 0.2) is 53.6 Å². The first kappa shape index (κ1) is 14.8. The molecule has 0 aliphatic carbocycles. The number of hydrogen-bond acceptors (Lipinski definition) is 3. The Morgan fingerprint density at radius 2 is 1.81 bits per heavy atom. The van der Waals surface area contributed by atoms with Gasteiger partial charge >= 0.3 is 0 Å². The summed E-state index contributed by atoms with van der Waals surface area (Å²) in [5.41, 5.74) is 5.58. The van der Waals surface area contributed by atoms with Crippen LogP contribution < -0.4 is 10.2 Å². The van der Waals surface area contributed by atoms with E-state index in [0.717, 1.165) is 16.9 Å². The van der Waals surface area contributed by atoms with E-state index in [0.29, 0.717) is 0 Å². The van der Waals surface area contributed by atoms with Crippen molar-refractivity contribution < 1.29 is 9.53 Å². The molecular formula is C17H18N2O2. The van der Waals surface area contributed by atoms with Crippen LogP contribution >= 0.6 is 0 Å². The average molecular weight is 282 g/mol. The highest BCUT2D eigenvalue weighted by Crippen LogP contribution is 2.11. The number of nitrogens with zero attached hydrogens (tertiary/aromatic N) is 1. The molecule has 0 aromatic heterocycles. The van der Waals surface area contributed by atoms with E-state index in [9.17, 15) is 4.79 Å². The molecule has 0 aliphatic heterocycles. The normalized spacial score (nSPS) is 10.6. The average Bonchev–Trinajstić information content (AvgIpc) is 2.50. The standard InChI is InChI=1S/C17H18N2O2/c1-13-3-5-15(6-4-13)12-18-19-17(20)11-14-7-9-16(21-2)10-8-14/h3-10,12H,11H2,1-2H3,(H,19,20). The van der Waals surface area contributed by atoms with Crippen molar-refractivity contribution in [2.24, 2.45) is 5.10 Å². The van der Waals surface area contributed by atoms with Gasteiger partial charge in [-0.05, 0) is 30.2 Å². The Balaban J connectivity index is 1.85. The van der Waals surface area contributed by atoms with E-state index >= 15 is 0 Å². The minimum atomic E-state index is -0.150. The van der Waals surface area contributed by atoms with Gasteiger partial charge in [-0.2, -0.15) is 5.10 Å². The molecule has 0 fully saturated rings. The Hall–Kier alpha value is -2.62. The van der Waals surface area contributed by atoms with Gasteiger partial charge in [-0.15, -0.1) is 0 Å². The van der Waals surface area contributed by atoms with E-state index in [1.165, 1.54) is 5.56 Å². The minimum absolute atomic E-state index is 0.150. The molecule has 0 saturated heterocycles. The van der Waals surface area contributed by atoms with Gasteiger partial charge in [0.2, 0.25) is 5.91 Å². The highest BCUT2D eigenvalue weighted by molar-refractivity contribution is 5.83. The van der Waals surface area contributed by atoms with Crippen molar-refractivity contribution >= 4 is 12.1 Å². The summed E-state index contributed by atoms with van der Waals surface area (Å²) >= 11 is 0. The summed E-state index contributed by atoms with van der Waals surface area (Å²) in [7, 11) is 1.61. The van der Waals surface area contributed by atoms with Crippen molar-refractivity contribution in [3.05, 3.63) is 65.2 Å². The second kappa shape index (κ2) is 7.24. The monoisotopic (exact) mass is 282 g/mol. The molecule has 1 amide bonds. The number of methoxy groups -OCH3 is 1. The SMILES string of the molecule is COc1ccc(CC(=O)NN=Cc2ccc(C)cc2)cc1. The van der Waals surface area contributed by atoms with Crippen LogP contribution in [0.25, 0.3) is 0 Å². The van der Waals surface area contributed by atoms with Crippen LogP contribution in [0.2, 0.25) is 0 Å². The van der Waals surface area contributed by atoms with E-state index in [1.54, 1.807) is 13.3 Å². The summed E-state index contributed by atoms with van der Waals surface area (Å²) in [5.74, 6) is 0.625. The maximum Gasteiger partial charge on any atom is 0.244 e. The van der Waals surface area contributed by atoms with Crippen molar-refractivity contribution in [2.45, 2.75) is 13.3 Å². The van der Waals surface area contributed by atoms with Crippen LogP contribution in [0, 0.1) is 6.92 Å². The Morgan fingerprint density at radius 3 is 2.43 bits per heavy atom. The van der Waals surface area contributed by atoms with Crippen LogP contribution in [0.3, 0.4) is 0 Å². The predicted octanol–water partition coefficient (Wildman–Crippen LogP) is 2.70. The third kappa shape index (κ3) is 4.76. The largest absolute Gasteiger partial charge is 0.497 e. The fourth-order valence-corrected chi connectivity index (χ4v) is 1.80. The topological polar surface area (TPSA) is 50.7 Å². The zero-order valence-corrected chi connectivity index (χ0v) is 12.2. The highest BCUT2D eigenvalue weighted by atomic mass is 16.5. The maximum absolute atomic E-state index is 11.8. The number of amides is 1. The summed E-state index contributed by atoms with van der Waals surface area (Å²) < 4.78 is 5.07. The lowest BCUT2D eigenvalue weighted by atomic mass is 10.1. The second-order valence-electron chi connectivity index (χ2n) is 4.73. The first-order valence-corrected chi connectivity index (χ1v) is 6.69. The van der Waals surface area contributed by atoms with Gasteiger partial charge in [-0.25, -0.2) is 5.43 Å². The molecule has 0 unspecified atom stereocenters. The summed E-state index contributed by atoms with van der Waals surface area (Å²) in [6, 6.07) is 15.3. The number of hydrogen-bond donors (Lipinski definition) is 1. The van der Waals surface area contributed by atoms with Gasteiger partial charge in [0.25, 0.3) is 0 Å². The molecule has 4 nitrogen and oxygen atoms in total. The van der Waals surface area contributed by atoms with E-state index in [2.05, 4.69) is 10.5 Å². The van der Waals surface area contributed by atoms with Crippen LogP contribution in [0.1, 0.15) is 16.7 Å². The van der Waals surface area contributed by atoms with Gasteiger partial charge < -0.3 is 4.74 Å². The van der Waals surface area contributed by atoms with E-state index in [1.807, 2.05) is 55.5 Å². The molecule has 0 heterocycles. The lowest BCUT2D eigenvalue weighted by Crippen LogP contribution is -2.19. The molecule has 2 aromatic carbocycles. The number of ether oxygens (including phenoxy) is 1. The molecule has 4 heteroatoms. The molecule has 108 valence electrons. The lowest BCUT2D eigenvalue weighted by molar-refractivity contribution is -0.120. The predicted molar refractivity (Wildman–Crippen MR) is 83.6 cm³/mol. The van der Waals surface area contributed by atoms with Gasteiger partial charge in [0, 0.05) is 0 Å². The Bertz CT molecular complexity index is 616. The first-order valence-electron chi connectivity index (χ1n) is 6.69. The Morgan fingerprint density at radius 1 is 1.14 bits per heavy atom. The Labute approximate surface area is 124 Å². The molecule has 2 rings (SSSR count). The molecule has 0 radical (unpaired) electrons. The minimum Gasteiger partial charge on any atom is -0.497 e. The molecule has 0 aliphatic rings. The lowest BCUT2D eigenvalue weighted by Gasteiger charge is -2.02. The van der Waals surface area contributed by atoms with Crippen molar-refractivity contribution in [1.29, 1.82) is 0 Å². The Kier molecular flexibility index (Phi) is 5.10. The number of carbonyl (C=O) groups excluding carboxylic acids is 1. The molecule has 0 bridgehead atoms. The molecule has 21 heavy (non-hydrogen) atoms. The van der Waals surface area contributed by atoms with Gasteiger partial charge in [0.15, 0.2) is 0 Å². The zero-order chi connectivity index (χ0) is 15.1. The summed E-state index contributed by atoms with van der Waals surface area (Å²) in [5, 5.41) is 3.95. The van der Waals surface area contributed by atoms with Crippen molar-refractivity contribution in [2.75, 3.05) is 7.11 Å². The fraction of sp³-hybridized carbons (Fsp3) is 0.176. The number of carbonyl (C=O) groups is 1. The number of hydrazone groups is 1. The molecular weight excluding hydrogens is 264 g/mol. The van der Waals surface area contributed by atoms with Crippen LogP contribution in [0.5, 0.6) is 5.75 Å². The third-order valence-corrected chi connectivity index (χ3v) is 3.00. The fourth-order valence-electron chi connectivity index (χ4n) is 1.80. The first-order chi connectivity index (χ1) is 10.2. The zero-order valence-electron chi connectivity index (χ0n) is 12.2. The summed E-state index contributed by atoms with van der Waals surface area (Å²) in [4.78, 5) is 11.8. The quantitative estimate of drug-likeness (QED) is 0.677. The number of rotatable bonds is 5. The van der Waals surface area contributed by atoms with E-state index in [4.69, 9.17) is 4.74 Å². The molecule has 2 aromatic rings. The van der Waals surface area contributed by atoms with Gasteiger partial charge in [-0.3, -0.25) is 4.79 Å². The van der Waals surface area contributed by atoms with Crippen LogP contribution in [0.4, 0.5) is 0 Å². The van der Waals surface area contributed by atoms with E-state index in [-0.39, 0.29) is 12.3 Å². The van der Waals surface area contributed by atoms with Crippen LogP contribution in [-0.2, 0) is 11.2 Å². The molecule has 0 saturated carbocycles. The highest BCUT2D eigenvalue weighted by Gasteiger charge is 2.02. The second-order valence-corrected chi connectivity index (χ2v) is 4.73. The van der Waals surface area contributed by atoms with E-state index < -0.39 is 0 Å². The maximum atomic E-state index is 11.8. The van der Waals surface area contributed by atoms with Crippen molar-refractivity contribution in [3.63, 3.8) is 0 Å².